The molecule has 1 amide bonds. The normalized spacial score (nSPS) is 17.2. The van der Waals surface area contributed by atoms with E-state index in [2.05, 4.69) is 20.4 Å². The third-order valence-electron chi connectivity index (χ3n) is 7.05. The minimum Gasteiger partial charge on any atom is -0.494 e. The van der Waals surface area contributed by atoms with Gasteiger partial charge in [0.05, 0.1) is 54.7 Å². The highest BCUT2D eigenvalue weighted by Crippen LogP contribution is 2.29. The molecule has 0 radical (unpaired) electrons. The average molecular weight is 552 g/mol. The lowest BCUT2D eigenvalue weighted by molar-refractivity contribution is -0.138. The van der Waals surface area contributed by atoms with E-state index in [9.17, 15) is 14.0 Å². The number of halogens is 2. The van der Waals surface area contributed by atoms with Gasteiger partial charge in [0.15, 0.2) is 11.6 Å². The number of carbonyl (C=O) groups is 2. The average Bonchev–Trinajstić information content (AvgIpc) is 3.31. The van der Waals surface area contributed by atoms with Crippen LogP contribution >= 0.6 is 11.6 Å². The first kappa shape index (κ1) is 26.6. The summed E-state index contributed by atoms with van der Waals surface area (Å²) in [6, 6.07) is 7.93. The lowest BCUT2D eigenvalue weighted by Gasteiger charge is -2.28. The summed E-state index contributed by atoms with van der Waals surface area (Å²) in [5, 5.41) is 17.7. The van der Waals surface area contributed by atoms with Crippen LogP contribution in [0.15, 0.2) is 48.9 Å². The molecule has 39 heavy (non-hydrogen) atoms. The highest BCUT2D eigenvalue weighted by Gasteiger charge is 2.25. The van der Waals surface area contributed by atoms with Crippen LogP contribution in [0.1, 0.15) is 48.2 Å². The van der Waals surface area contributed by atoms with Crippen LogP contribution in [-0.2, 0) is 11.3 Å². The van der Waals surface area contributed by atoms with Gasteiger partial charge < -0.3 is 15.2 Å². The lowest BCUT2D eigenvalue weighted by Crippen LogP contribution is -2.38. The number of carboxylic acid groups (broad SMARTS) is 1. The first-order chi connectivity index (χ1) is 18.8. The van der Waals surface area contributed by atoms with Crippen LogP contribution in [0.3, 0.4) is 0 Å². The molecule has 2 heterocycles. The Bertz CT molecular complexity index is 1520. The van der Waals surface area contributed by atoms with Gasteiger partial charge in [-0.3, -0.25) is 24.2 Å². The molecule has 5 rings (SSSR count). The second kappa shape index (κ2) is 11.4. The Kier molecular flexibility index (Phi) is 7.74. The van der Waals surface area contributed by atoms with E-state index in [0.29, 0.717) is 33.1 Å². The van der Waals surface area contributed by atoms with Crippen LogP contribution < -0.4 is 10.1 Å². The second-order valence-corrected chi connectivity index (χ2v) is 10.2. The maximum absolute atomic E-state index is 14.1. The van der Waals surface area contributed by atoms with E-state index >= 15 is 0 Å². The molecule has 1 fully saturated rings. The first-order valence-corrected chi connectivity index (χ1v) is 13.0. The summed E-state index contributed by atoms with van der Waals surface area (Å²) in [5.74, 6) is -1.23. The standard InChI is InChI=1S/C28H27ClFN5O4/c1-39-25-7-4-17(10-23(25)30)24-14-31-21(13-32-24)15-35-27-18(12-33-35)9-19(29)11-22(27)28(38)34-20-5-2-16(3-6-20)8-26(36)37/h4,7,9-14,16,20H,2-3,5-6,8,15H2,1H3,(H,34,38)(H,36,37). The first-order valence-electron chi connectivity index (χ1n) is 12.6. The SMILES string of the molecule is COc1ccc(-c2cnc(Cn3ncc4cc(Cl)cc(C(=O)NC5CCC(CC(=O)O)CC5)c43)cn2)cc1F. The molecule has 0 unspecified atom stereocenters. The Morgan fingerprint density at radius 2 is 1.92 bits per heavy atom. The number of benzene rings is 2. The second-order valence-electron chi connectivity index (χ2n) is 9.72. The van der Waals surface area contributed by atoms with Gasteiger partial charge in [-0.25, -0.2) is 4.39 Å². The number of rotatable bonds is 8. The number of aromatic nitrogens is 4. The molecular weight excluding hydrogens is 525 g/mol. The number of carbonyl (C=O) groups excluding carboxylic acids is 1. The molecule has 2 aromatic heterocycles. The number of hydrogen-bond donors (Lipinski definition) is 2. The van der Waals surface area contributed by atoms with E-state index in [1.165, 1.54) is 19.2 Å². The fourth-order valence-electron chi connectivity index (χ4n) is 5.08. The van der Waals surface area contributed by atoms with Gasteiger partial charge in [-0.2, -0.15) is 5.10 Å². The Labute approximate surface area is 229 Å². The zero-order valence-electron chi connectivity index (χ0n) is 21.2. The van der Waals surface area contributed by atoms with Gasteiger partial charge in [0.1, 0.15) is 0 Å². The molecule has 0 aliphatic heterocycles. The third-order valence-corrected chi connectivity index (χ3v) is 7.27. The number of fused-ring (bicyclic) bond motifs is 1. The fourth-order valence-corrected chi connectivity index (χ4v) is 5.30. The monoisotopic (exact) mass is 551 g/mol. The molecule has 1 saturated carbocycles. The van der Waals surface area contributed by atoms with Gasteiger partial charge in [-0.1, -0.05) is 11.6 Å². The van der Waals surface area contributed by atoms with Gasteiger partial charge in [0.25, 0.3) is 5.91 Å². The van der Waals surface area contributed by atoms with Crippen molar-refractivity contribution >= 4 is 34.4 Å². The van der Waals surface area contributed by atoms with Crippen LogP contribution in [0.5, 0.6) is 5.75 Å². The van der Waals surface area contributed by atoms with Crippen LogP contribution in [0.2, 0.25) is 5.02 Å². The molecule has 1 aliphatic rings. The molecule has 1 aliphatic carbocycles. The number of hydrogen-bond acceptors (Lipinski definition) is 6. The van der Waals surface area contributed by atoms with Crippen LogP contribution in [-0.4, -0.2) is 49.9 Å². The minimum atomic E-state index is -0.786. The molecule has 0 spiro atoms. The van der Waals surface area contributed by atoms with Crippen molar-refractivity contribution in [2.24, 2.45) is 5.92 Å². The van der Waals surface area contributed by atoms with Gasteiger partial charge in [-0.05, 0) is 61.9 Å². The number of methoxy groups -OCH3 is 1. The summed E-state index contributed by atoms with van der Waals surface area (Å²) in [7, 11) is 1.41. The smallest absolute Gasteiger partial charge is 0.303 e. The van der Waals surface area contributed by atoms with Crippen molar-refractivity contribution in [3.63, 3.8) is 0 Å². The number of amides is 1. The number of ether oxygens (including phenoxy) is 1. The van der Waals surface area contributed by atoms with Crippen LogP contribution in [0, 0.1) is 11.7 Å². The van der Waals surface area contributed by atoms with Crippen molar-refractivity contribution in [3.05, 3.63) is 71.0 Å². The minimum absolute atomic E-state index is 0.0332. The van der Waals surface area contributed by atoms with Gasteiger partial charge in [0.2, 0.25) is 0 Å². The van der Waals surface area contributed by atoms with E-state index in [0.717, 1.165) is 31.1 Å². The summed E-state index contributed by atoms with van der Waals surface area (Å²) in [4.78, 5) is 33.3. The molecular formula is C28H27ClFN5O4. The van der Waals surface area contributed by atoms with Gasteiger partial charge >= 0.3 is 5.97 Å². The van der Waals surface area contributed by atoms with Crippen molar-refractivity contribution in [2.75, 3.05) is 7.11 Å². The van der Waals surface area contributed by atoms with Crippen molar-refractivity contribution in [1.29, 1.82) is 0 Å². The largest absolute Gasteiger partial charge is 0.494 e. The molecule has 0 atom stereocenters. The summed E-state index contributed by atoms with van der Waals surface area (Å²) in [6.45, 7) is 0.260. The predicted molar refractivity (Wildman–Crippen MR) is 143 cm³/mol. The maximum Gasteiger partial charge on any atom is 0.303 e. The topological polar surface area (TPSA) is 119 Å². The zero-order chi connectivity index (χ0) is 27.5. The fraction of sp³-hybridized carbons (Fsp3) is 0.321. The molecule has 4 aromatic rings. The Morgan fingerprint density at radius 3 is 2.59 bits per heavy atom. The van der Waals surface area contributed by atoms with E-state index in [1.54, 1.807) is 41.5 Å². The summed E-state index contributed by atoms with van der Waals surface area (Å²) >= 11 is 6.32. The zero-order valence-corrected chi connectivity index (χ0v) is 22.0. The Balaban J connectivity index is 1.33. The van der Waals surface area contributed by atoms with Gasteiger partial charge in [0, 0.05) is 28.4 Å². The molecule has 11 heteroatoms. The molecule has 0 saturated heterocycles. The van der Waals surface area contributed by atoms with Gasteiger partial charge in [-0.15, -0.1) is 0 Å². The van der Waals surface area contributed by atoms with Crippen LogP contribution in [0.4, 0.5) is 4.39 Å². The number of nitrogens with zero attached hydrogens (tertiary/aromatic N) is 4. The molecule has 9 nitrogen and oxygen atoms in total. The van der Waals surface area contributed by atoms with E-state index in [-0.39, 0.29) is 36.6 Å². The third kappa shape index (κ3) is 6.01. The van der Waals surface area contributed by atoms with Crippen molar-refractivity contribution in [3.8, 4) is 17.0 Å². The number of nitrogens with one attached hydrogen (secondary N) is 1. The van der Waals surface area contributed by atoms with E-state index in [1.807, 2.05) is 0 Å². The van der Waals surface area contributed by atoms with Crippen molar-refractivity contribution in [1.82, 2.24) is 25.1 Å². The molecule has 2 aromatic carbocycles. The summed E-state index contributed by atoms with van der Waals surface area (Å²) in [6.07, 6.45) is 7.95. The Morgan fingerprint density at radius 1 is 1.13 bits per heavy atom. The highest BCUT2D eigenvalue weighted by atomic mass is 35.5. The number of carboxylic acids is 1. The van der Waals surface area contributed by atoms with Crippen LogP contribution in [0.25, 0.3) is 22.2 Å². The Hall–Kier alpha value is -4.05. The van der Waals surface area contributed by atoms with E-state index in [4.69, 9.17) is 21.4 Å². The summed E-state index contributed by atoms with van der Waals surface area (Å²) < 4.78 is 20.8. The molecule has 2 N–H and O–H groups in total. The molecule has 202 valence electrons. The van der Waals surface area contributed by atoms with Crippen molar-refractivity contribution in [2.45, 2.75) is 44.7 Å². The quantitative estimate of drug-likeness (QED) is 0.312. The highest BCUT2D eigenvalue weighted by molar-refractivity contribution is 6.32. The predicted octanol–water partition coefficient (Wildman–Crippen LogP) is 5.11. The number of aliphatic carboxylic acids is 1. The molecule has 0 bridgehead atoms. The lowest BCUT2D eigenvalue weighted by atomic mass is 9.84. The van der Waals surface area contributed by atoms with E-state index < -0.39 is 11.8 Å². The van der Waals surface area contributed by atoms with Crippen molar-refractivity contribution < 1.29 is 23.8 Å². The summed E-state index contributed by atoms with van der Waals surface area (Å²) in [5.41, 5.74) is 2.72. The maximum atomic E-state index is 14.1.